The molecule has 0 unspecified atom stereocenters. The molecule has 2 heterocycles. The van der Waals surface area contributed by atoms with E-state index >= 15 is 0 Å². The molecule has 180 valence electrons. The first-order valence-corrected chi connectivity index (χ1v) is 13.4. The van der Waals surface area contributed by atoms with Crippen LogP contribution in [0.3, 0.4) is 0 Å². The fraction of sp³-hybridized carbons (Fsp3) is 0. The smallest absolute Gasteiger partial charge is 0.145 e. The van der Waals surface area contributed by atoms with Crippen molar-refractivity contribution in [3.05, 3.63) is 133 Å². The number of rotatable bonds is 1. The molecule has 0 saturated heterocycles. The van der Waals surface area contributed by atoms with Crippen LogP contribution >= 0.6 is 0 Å². The molecule has 0 bridgehead atoms. The van der Waals surface area contributed by atoms with E-state index in [0.29, 0.717) is 0 Å². The lowest BCUT2D eigenvalue weighted by Gasteiger charge is -2.15. The molecule has 7 aromatic carbocycles. The van der Waals surface area contributed by atoms with Gasteiger partial charge >= 0.3 is 0 Å². The Kier molecular flexibility index (Phi) is 4.08. The largest absolute Gasteiger partial charge is 0.291 e. The van der Waals surface area contributed by atoms with E-state index in [1.165, 1.54) is 54.6 Å². The van der Waals surface area contributed by atoms with Gasteiger partial charge in [0.25, 0.3) is 0 Å². The van der Waals surface area contributed by atoms with Gasteiger partial charge in [-0.05, 0) is 61.6 Å². The highest BCUT2D eigenvalue weighted by Crippen LogP contribution is 2.45. The summed E-state index contributed by atoms with van der Waals surface area (Å²) in [5.74, 6) is 0.969. The van der Waals surface area contributed by atoms with Gasteiger partial charge in [0.05, 0.1) is 16.7 Å². The Labute approximate surface area is 225 Å². The van der Waals surface area contributed by atoms with Gasteiger partial charge in [-0.15, -0.1) is 0 Å². The maximum atomic E-state index is 5.28. The molecule has 2 nitrogen and oxygen atoms in total. The van der Waals surface area contributed by atoms with Crippen molar-refractivity contribution in [3.8, 4) is 39.3 Å². The summed E-state index contributed by atoms with van der Waals surface area (Å²) in [7, 11) is 0. The number of hydrogen-bond acceptors (Lipinski definition) is 1. The Balaban J connectivity index is 1.42. The summed E-state index contributed by atoms with van der Waals surface area (Å²) >= 11 is 0. The van der Waals surface area contributed by atoms with E-state index in [2.05, 4.69) is 138 Å². The van der Waals surface area contributed by atoms with Gasteiger partial charge in [-0.25, -0.2) is 4.98 Å². The molecule has 0 fully saturated rings. The first-order chi connectivity index (χ1) is 19.4. The zero-order chi connectivity index (χ0) is 25.5. The summed E-state index contributed by atoms with van der Waals surface area (Å²) in [6.07, 6.45) is 0. The lowest BCUT2D eigenvalue weighted by molar-refractivity contribution is 1.11. The van der Waals surface area contributed by atoms with Gasteiger partial charge in [-0.1, -0.05) is 115 Å². The van der Waals surface area contributed by atoms with Crippen molar-refractivity contribution in [2.24, 2.45) is 0 Å². The quantitative estimate of drug-likeness (QED) is 0.208. The van der Waals surface area contributed by atoms with Gasteiger partial charge in [0.15, 0.2) is 0 Å². The van der Waals surface area contributed by atoms with Crippen molar-refractivity contribution in [2.75, 3.05) is 0 Å². The molecular formula is C37H22N2. The fourth-order valence-corrected chi connectivity index (χ4v) is 6.67. The molecule has 9 rings (SSSR count). The summed E-state index contributed by atoms with van der Waals surface area (Å²) in [6.45, 7) is 0. The van der Waals surface area contributed by atoms with Crippen LogP contribution in [-0.4, -0.2) is 9.55 Å². The van der Waals surface area contributed by atoms with E-state index in [0.717, 1.165) is 28.1 Å². The van der Waals surface area contributed by atoms with E-state index in [9.17, 15) is 0 Å². The minimum atomic E-state index is 0.969. The van der Waals surface area contributed by atoms with Gasteiger partial charge in [-0.3, -0.25) is 4.57 Å². The molecule has 8 aromatic rings. The van der Waals surface area contributed by atoms with Crippen LogP contribution in [0.5, 0.6) is 0 Å². The van der Waals surface area contributed by atoms with E-state index < -0.39 is 0 Å². The minimum Gasteiger partial charge on any atom is -0.291 e. The first-order valence-electron chi connectivity index (χ1n) is 13.4. The number of hydrogen-bond donors (Lipinski definition) is 0. The van der Waals surface area contributed by atoms with Crippen LogP contribution < -0.4 is 0 Å². The lowest BCUT2D eigenvalue weighted by Crippen LogP contribution is -1.99. The SMILES string of the molecule is c1ccc2c(c1)-c1ccccc1-n1c(-c3ccc4c5ccccc5c5ccccc5c4c3)nc3cccc-2c31. The number of benzene rings is 7. The molecule has 39 heavy (non-hydrogen) atoms. The second kappa shape index (κ2) is 7.66. The first kappa shape index (κ1) is 20.8. The molecule has 0 aliphatic carbocycles. The van der Waals surface area contributed by atoms with Gasteiger partial charge in [0.2, 0.25) is 0 Å². The number of fused-ring (bicyclic) bond motifs is 11. The second-order valence-electron chi connectivity index (χ2n) is 10.4. The summed E-state index contributed by atoms with van der Waals surface area (Å²) in [4.78, 5) is 5.28. The summed E-state index contributed by atoms with van der Waals surface area (Å²) in [5.41, 5.74) is 9.40. The number of para-hydroxylation sites is 2. The van der Waals surface area contributed by atoms with Gasteiger partial charge < -0.3 is 0 Å². The third-order valence-corrected chi connectivity index (χ3v) is 8.33. The average Bonchev–Trinajstić information content (AvgIpc) is 3.35. The third kappa shape index (κ3) is 2.78. The highest BCUT2D eigenvalue weighted by atomic mass is 15.1. The number of nitrogens with zero attached hydrogens (tertiary/aromatic N) is 2. The fourth-order valence-electron chi connectivity index (χ4n) is 6.67. The zero-order valence-electron chi connectivity index (χ0n) is 21.1. The van der Waals surface area contributed by atoms with Crippen LogP contribution in [0.1, 0.15) is 0 Å². The molecule has 0 atom stereocenters. The molecular weight excluding hydrogens is 472 g/mol. The van der Waals surface area contributed by atoms with Gasteiger partial charge in [0.1, 0.15) is 5.82 Å². The maximum Gasteiger partial charge on any atom is 0.145 e. The van der Waals surface area contributed by atoms with Crippen molar-refractivity contribution in [1.82, 2.24) is 9.55 Å². The maximum absolute atomic E-state index is 5.28. The van der Waals surface area contributed by atoms with E-state index in [1.807, 2.05) is 0 Å². The van der Waals surface area contributed by atoms with Crippen molar-refractivity contribution < 1.29 is 0 Å². The van der Waals surface area contributed by atoms with Crippen LogP contribution in [0.15, 0.2) is 133 Å². The monoisotopic (exact) mass is 494 g/mol. The molecule has 1 aliphatic heterocycles. The van der Waals surface area contributed by atoms with Crippen molar-refractivity contribution in [2.45, 2.75) is 0 Å². The van der Waals surface area contributed by atoms with Crippen LogP contribution in [-0.2, 0) is 0 Å². The van der Waals surface area contributed by atoms with Crippen LogP contribution in [0.25, 0.3) is 82.7 Å². The Bertz CT molecular complexity index is 2250. The van der Waals surface area contributed by atoms with Crippen LogP contribution in [0, 0.1) is 0 Å². The van der Waals surface area contributed by atoms with E-state index in [4.69, 9.17) is 4.98 Å². The molecule has 0 N–H and O–H groups in total. The Morgan fingerprint density at radius 3 is 1.67 bits per heavy atom. The van der Waals surface area contributed by atoms with Crippen LogP contribution in [0.4, 0.5) is 0 Å². The summed E-state index contributed by atoms with van der Waals surface area (Å²) in [6, 6.07) is 48.3. The Morgan fingerprint density at radius 1 is 0.410 bits per heavy atom. The minimum absolute atomic E-state index is 0.969. The number of aromatic nitrogens is 2. The molecule has 0 amide bonds. The molecule has 0 saturated carbocycles. The van der Waals surface area contributed by atoms with Gasteiger partial charge in [0, 0.05) is 16.7 Å². The van der Waals surface area contributed by atoms with E-state index in [-0.39, 0.29) is 0 Å². The predicted octanol–water partition coefficient (Wildman–Crippen LogP) is 9.80. The van der Waals surface area contributed by atoms with Crippen molar-refractivity contribution in [1.29, 1.82) is 0 Å². The van der Waals surface area contributed by atoms with Crippen molar-refractivity contribution >= 4 is 43.4 Å². The molecule has 1 aliphatic rings. The predicted molar refractivity (Wildman–Crippen MR) is 163 cm³/mol. The third-order valence-electron chi connectivity index (χ3n) is 8.33. The highest BCUT2D eigenvalue weighted by molar-refractivity contribution is 6.25. The Hall–Kier alpha value is -5.21. The molecule has 0 radical (unpaired) electrons. The molecule has 2 heteroatoms. The van der Waals surface area contributed by atoms with E-state index in [1.54, 1.807) is 0 Å². The molecule has 0 spiro atoms. The number of imidazole rings is 1. The normalized spacial score (nSPS) is 12.1. The van der Waals surface area contributed by atoms with Gasteiger partial charge in [-0.2, -0.15) is 0 Å². The van der Waals surface area contributed by atoms with Crippen molar-refractivity contribution in [3.63, 3.8) is 0 Å². The lowest BCUT2D eigenvalue weighted by atomic mass is 9.93. The second-order valence-corrected chi connectivity index (χ2v) is 10.4. The zero-order valence-corrected chi connectivity index (χ0v) is 21.1. The topological polar surface area (TPSA) is 17.8 Å². The molecule has 1 aromatic heterocycles. The summed E-state index contributed by atoms with van der Waals surface area (Å²) in [5, 5.41) is 7.66. The average molecular weight is 495 g/mol. The van der Waals surface area contributed by atoms with Crippen LogP contribution in [0.2, 0.25) is 0 Å². The highest BCUT2D eigenvalue weighted by Gasteiger charge is 2.25. The standard InChI is InChI=1S/C37H22N2/c1-2-12-26-24(10-1)25-11-3-6-15-29(25)33-22-23(20-21-30(26)33)37-38-34-18-9-17-32-28-14-5-4-13-27(28)31-16-7-8-19-35(31)39(37)36(32)34/h1-22H. The summed E-state index contributed by atoms with van der Waals surface area (Å²) < 4.78 is 2.38. The Morgan fingerprint density at radius 2 is 0.949 bits per heavy atom.